The summed E-state index contributed by atoms with van der Waals surface area (Å²) in [5.41, 5.74) is 4.11. The molecule has 0 radical (unpaired) electrons. The fourth-order valence-corrected chi connectivity index (χ4v) is 11.5. The van der Waals surface area contributed by atoms with Gasteiger partial charge in [0.25, 0.3) is 0 Å². The normalized spacial score (nSPS) is 19.2. The molecule has 2 heteroatoms. The van der Waals surface area contributed by atoms with Crippen LogP contribution in [0.3, 0.4) is 0 Å². The maximum Gasteiger partial charge on any atom is 0.175 e. The average molecular weight is 318 g/mol. The molecule has 0 aromatic heterocycles. The predicted molar refractivity (Wildman–Crippen MR) is 107 cm³/mol. The zero-order chi connectivity index (χ0) is 17.5. The molecule has 1 rings (SSSR count). The summed E-state index contributed by atoms with van der Waals surface area (Å²) in [6.07, 6.45) is 3.75. The quantitative estimate of drug-likeness (QED) is 0.492. The van der Waals surface area contributed by atoms with E-state index in [4.69, 9.17) is 0 Å². The maximum absolute atomic E-state index is 2.61. The first-order chi connectivity index (χ1) is 9.83. The molecule has 0 nitrogen and oxygen atoms in total. The Bertz CT molecular complexity index is 477. The molecule has 1 aliphatic heterocycles. The lowest BCUT2D eigenvalue weighted by atomic mass is 9.38. The van der Waals surface area contributed by atoms with Crippen molar-refractivity contribution < 1.29 is 0 Å². The Hall–Kier alpha value is -0.238. The van der Waals surface area contributed by atoms with Gasteiger partial charge in [-0.05, 0) is 17.3 Å². The van der Waals surface area contributed by atoms with Gasteiger partial charge in [-0.3, -0.25) is 0 Å². The van der Waals surface area contributed by atoms with Gasteiger partial charge in [-0.2, -0.15) is 0 Å². The molecule has 22 heavy (non-hydrogen) atoms. The van der Waals surface area contributed by atoms with Crippen molar-refractivity contribution in [1.82, 2.24) is 0 Å². The molecule has 0 N–H and O–H groups in total. The fraction of sp³-hybridized carbons (Fsp3) is 0.800. The highest BCUT2D eigenvalue weighted by molar-refractivity contribution is 6.94. The highest BCUT2D eigenvalue weighted by Gasteiger charge is 2.49. The second-order valence-corrected chi connectivity index (χ2v) is 13.9. The minimum Gasteiger partial charge on any atom is -0.0810 e. The van der Waals surface area contributed by atoms with Crippen LogP contribution in [0.4, 0.5) is 0 Å². The van der Waals surface area contributed by atoms with E-state index in [1.807, 2.05) is 10.4 Å². The number of allylic oxidation sites excluding steroid dienone is 4. The van der Waals surface area contributed by atoms with Crippen molar-refractivity contribution in [2.24, 2.45) is 10.8 Å². The van der Waals surface area contributed by atoms with E-state index in [2.05, 4.69) is 75.4 Å². The Morgan fingerprint density at radius 1 is 0.773 bits per heavy atom. The molecule has 0 amide bonds. The zero-order valence-corrected chi connectivity index (χ0v) is 18.2. The van der Waals surface area contributed by atoms with Gasteiger partial charge in [-0.15, -0.1) is 0 Å². The standard InChI is InChI=1S/C20H39BSi/c1-12-15-16(21(13-2)14-3)18(20(7,8)9)22(10,11)17(15)19(4,5)6/h12-14H2,1-11H3. The Kier molecular flexibility index (Phi) is 5.71. The van der Waals surface area contributed by atoms with Crippen LogP contribution in [0.5, 0.6) is 0 Å². The van der Waals surface area contributed by atoms with Crippen LogP contribution in [0.2, 0.25) is 25.7 Å². The lowest BCUT2D eigenvalue weighted by Gasteiger charge is -2.39. The van der Waals surface area contributed by atoms with E-state index >= 15 is 0 Å². The van der Waals surface area contributed by atoms with Crippen molar-refractivity contribution in [3.8, 4) is 0 Å². The van der Waals surface area contributed by atoms with Crippen LogP contribution in [0, 0.1) is 10.8 Å². The molecule has 0 saturated carbocycles. The third-order valence-corrected chi connectivity index (χ3v) is 9.96. The molecule has 1 heterocycles. The average Bonchev–Trinajstić information content (AvgIpc) is 2.57. The van der Waals surface area contributed by atoms with Crippen LogP contribution in [-0.4, -0.2) is 14.8 Å². The van der Waals surface area contributed by atoms with Gasteiger partial charge in [0, 0.05) is 0 Å². The van der Waals surface area contributed by atoms with Crippen molar-refractivity contribution >= 4 is 14.8 Å². The first-order valence-corrected chi connectivity index (χ1v) is 12.3. The van der Waals surface area contributed by atoms with Crippen molar-refractivity contribution in [2.75, 3.05) is 0 Å². The smallest absolute Gasteiger partial charge is 0.0810 e. The third-order valence-electron chi connectivity index (χ3n) is 5.39. The topological polar surface area (TPSA) is 0 Å². The van der Waals surface area contributed by atoms with Crippen molar-refractivity contribution in [3.05, 3.63) is 21.4 Å². The molecule has 0 aromatic rings. The lowest BCUT2D eigenvalue weighted by Crippen LogP contribution is -2.41. The van der Waals surface area contributed by atoms with Crippen LogP contribution in [0.1, 0.15) is 68.7 Å². The number of hydrogen-bond donors (Lipinski definition) is 0. The van der Waals surface area contributed by atoms with E-state index in [0.29, 0.717) is 10.8 Å². The lowest BCUT2D eigenvalue weighted by molar-refractivity contribution is 0.512. The highest BCUT2D eigenvalue weighted by atomic mass is 28.3. The molecule has 0 aromatic carbocycles. The van der Waals surface area contributed by atoms with E-state index in [9.17, 15) is 0 Å². The van der Waals surface area contributed by atoms with Gasteiger partial charge < -0.3 is 0 Å². The van der Waals surface area contributed by atoms with Gasteiger partial charge >= 0.3 is 0 Å². The van der Waals surface area contributed by atoms with E-state index in [1.165, 1.54) is 19.1 Å². The number of hydrogen-bond acceptors (Lipinski definition) is 0. The molecule has 0 aliphatic carbocycles. The second-order valence-electron chi connectivity index (χ2n) is 9.63. The zero-order valence-electron chi connectivity index (χ0n) is 17.2. The van der Waals surface area contributed by atoms with Gasteiger partial charge in [0.2, 0.25) is 0 Å². The summed E-state index contributed by atoms with van der Waals surface area (Å²) >= 11 is 0. The van der Waals surface area contributed by atoms with E-state index < -0.39 is 8.07 Å². The van der Waals surface area contributed by atoms with Crippen molar-refractivity contribution in [1.29, 1.82) is 0 Å². The molecule has 126 valence electrons. The van der Waals surface area contributed by atoms with Gasteiger partial charge in [-0.1, -0.05) is 109 Å². The van der Waals surface area contributed by atoms with Gasteiger partial charge in [0.15, 0.2) is 6.71 Å². The summed E-state index contributed by atoms with van der Waals surface area (Å²) < 4.78 is 0. The molecular weight excluding hydrogens is 279 g/mol. The summed E-state index contributed by atoms with van der Waals surface area (Å²) in [6, 6.07) is 0. The van der Waals surface area contributed by atoms with Gasteiger partial charge in [0.05, 0.1) is 0 Å². The van der Waals surface area contributed by atoms with Crippen molar-refractivity contribution in [2.45, 2.75) is 94.5 Å². The highest BCUT2D eigenvalue weighted by Crippen LogP contribution is 2.54. The Morgan fingerprint density at radius 2 is 1.18 bits per heavy atom. The van der Waals surface area contributed by atoms with Gasteiger partial charge in [0.1, 0.15) is 8.07 Å². The summed E-state index contributed by atoms with van der Waals surface area (Å²) in [5.74, 6) is 0. The number of rotatable bonds is 4. The first kappa shape index (κ1) is 19.8. The maximum atomic E-state index is 2.61. The summed E-state index contributed by atoms with van der Waals surface area (Å²) in [6.45, 7) is 27.7. The molecule has 1 aliphatic rings. The minimum atomic E-state index is -1.55. The molecule has 0 saturated heterocycles. The third kappa shape index (κ3) is 3.32. The molecule has 0 spiro atoms. The van der Waals surface area contributed by atoms with Crippen LogP contribution >= 0.6 is 0 Å². The SMILES string of the molecule is CCB(CC)C1=C(C(C)(C)C)[Si](C)(C)C(C(C)(C)C)=C1CC. The second kappa shape index (κ2) is 6.34. The first-order valence-electron chi connectivity index (χ1n) is 9.33. The summed E-state index contributed by atoms with van der Waals surface area (Å²) in [5, 5.41) is 3.67. The van der Waals surface area contributed by atoms with Crippen LogP contribution in [0.15, 0.2) is 21.4 Å². The predicted octanol–water partition coefficient (Wildman–Crippen LogP) is 6.96. The molecule has 0 fully saturated rings. The largest absolute Gasteiger partial charge is 0.175 e. The van der Waals surface area contributed by atoms with Crippen LogP contribution < -0.4 is 0 Å². The van der Waals surface area contributed by atoms with E-state index in [1.54, 1.807) is 11.0 Å². The molecule has 0 atom stereocenters. The molecule has 0 unspecified atom stereocenters. The fourth-order valence-electron chi connectivity index (χ4n) is 5.37. The Morgan fingerprint density at radius 3 is 1.45 bits per heavy atom. The van der Waals surface area contributed by atoms with Crippen LogP contribution in [0.25, 0.3) is 0 Å². The minimum absolute atomic E-state index is 0.293. The van der Waals surface area contributed by atoms with Gasteiger partial charge in [-0.25, -0.2) is 0 Å². The summed E-state index contributed by atoms with van der Waals surface area (Å²) in [4.78, 5) is 0. The van der Waals surface area contributed by atoms with Crippen LogP contribution in [-0.2, 0) is 0 Å². The Balaban J connectivity index is 3.79. The summed E-state index contributed by atoms with van der Waals surface area (Å²) in [7, 11) is -1.55. The van der Waals surface area contributed by atoms with E-state index in [-0.39, 0.29) is 0 Å². The Labute approximate surface area is 141 Å². The van der Waals surface area contributed by atoms with E-state index in [0.717, 1.165) is 6.71 Å². The monoisotopic (exact) mass is 318 g/mol. The van der Waals surface area contributed by atoms with Crippen molar-refractivity contribution in [3.63, 3.8) is 0 Å². The molecular formula is C20H39BSi. The molecule has 0 bridgehead atoms.